The summed E-state index contributed by atoms with van der Waals surface area (Å²) in [5.74, 6) is -0.801. The van der Waals surface area contributed by atoms with Crippen LogP contribution in [0.5, 0.6) is 11.5 Å². The molecule has 1 aromatic carbocycles. The highest BCUT2D eigenvalue weighted by molar-refractivity contribution is 7.11. The third-order valence-electron chi connectivity index (χ3n) is 4.57. The Morgan fingerprint density at radius 2 is 1.90 bits per heavy atom. The number of ether oxygens (including phenoxy) is 2. The first-order chi connectivity index (χ1) is 14.7. The van der Waals surface area contributed by atoms with Gasteiger partial charge >= 0.3 is 6.29 Å². The molecule has 0 saturated carbocycles. The van der Waals surface area contributed by atoms with Gasteiger partial charge in [-0.3, -0.25) is 4.79 Å². The van der Waals surface area contributed by atoms with Gasteiger partial charge in [-0.05, 0) is 41.6 Å². The summed E-state index contributed by atoms with van der Waals surface area (Å²) >= 11 is 19.1. The Bertz CT molecular complexity index is 1160. The lowest BCUT2D eigenvalue weighted by Crippen LogP contribution is -2.25. The largest absolute Gasteiger partial charge is 0.586 e. The van der Waals surface area contributed by atoms with Gasteiger partial charge in [-0.1, -0.05) is 60.0 Å². The summed E-state index contributed by atoms with van der Waals surface area (Å²) in [5.41, 5.74) is 1.73. The van der Waals surface area contributed by atoms with Crippen molar-refractivity contribution in [2.75, 3.05) is 0 Å². The first-order valence-electron chi connectivity index (χ1n) is 9.00. The number of nitrogens with zero attached hydrogens (tertiary/aromatic N) is 1. The molecule has 1 atom stereocenters. The Kier molecular flexibility index (Phi) is 6.00. The van der Waals surface area contributed by atoms with E-state index in [-0.39, 0.29) is 37.5 Å². The molecule has 1 amide bonds. The molecule has 1 unspecified atom stereocenters. The summed E-state index contributed by atoms with van der Waals surface area (Å²) in [6.07, 6.45) is 4.16. The van der Waals surface area contributed by atoms with E-state index in [1.54, 1.807) is 12.2 Å². The fourth-order valence-corrected chi connectivity index (χ4v) is 4.34. The summed E-state index contributed by atoms with van der Waals surface area (Å²) < 4.78 is 39.9. The predicted molar refractivity (Wildman–Crippen MR) is 116 cm³/mol. The van der Waals surface area contributed by atoms with Crippen molar-refractivity contribution in [3.63, 3.8) is 0 Å². The molecule has 1 aliphatic carbocycles. The molecule has 1 aromatic heterocycles. The van der Waals surface area contributed by atoms with E-state index < -0.39 is 12.2 Å². The summed E-state index contributed by atoms with van der Waals surface area (Å²) in [5, 5.41) is 3.08. The maximum Gasteiger partial charge on any atom is 0.586 e. The van der Waals surface area contributed by atoms with Crippen LogP contribution >= 0.6 is 46.3 Å². The van der Waals surface area contributed by atoms with Gasteiger partial charge in [0.05, 0.1) is 5.02 Å². The lowest BCUT2D eigenvalue weighted by molar-refractivity contribution is -0.286. The molecule has 1 N–H and O–H groups in total. The Hall–Kier alpha value is -2.13. The van der Waals surface area contributed by atoms with Crippen LogP contribution in [0.2, 0.25) is 14.4 Å². The van der Waals surface area contributed by atoms with Crippen LogP contribution in [-0.4, -0.2) is 16.6 Å². The highest BCUT2D eigenvalue weighted by Crippen LogP contribution is 2.45. The van der Waals surface area contributed by atoms with Gasteiger partial charge in [-0.25, -0.2) is 0 Å². The smallest absolute Gasteiger partial charge is 0.395 e. The van der Waals surface area contributed by atoms with Crippen molar-refractivity contribution in [1.82, 2.24) is 9.69 Å². The molecule has 2 heterocycles. The van der Waals surface area contributed by atoms with E-state index in [0.717, 1.165) is 11.5 Å². The minimum atomic E-state index is -3.73. The lowest BCUT2D eigenvalue weighted by atomic mass is 9.98. The highest BCUT2D eigenvalue weighted by atomic mass is 35.5. The SMILES string of the molecule is CCC1C=C(NC(=O)c2nsc(Cl)c2Cl)C=CC(c2cc3c(cc2Cl)OC(F)(F)O3)=C1. The average Bonchev–Trinajstić information content (AvgIpc) is 3.10. The number of nitrogens with one attached hydrogen (secondary N) is 1. The molecule has 11 heteroatoms. The van der Waals surface area contributed by atoms with Crippen LogP contribution in [0.3, 0.4) is 0 Å². The zero-order valence-corrected chi connectivity index (χ0v) is 18.8. The third kappa shape index (κ3) is 4.57. The van der Waals surface area contributed by atoms with Gasteiger partial charge in [0.15, 0.2) is 17.2 Å². The van der Waals surface area contributed by atoms with Gasteiger partial charge in [0.25, 0.3) is 5.91 Å². The molecule has 2 aliphatic rings. The quantitative estimate of drug-likeness (QED) is 0.501. The van der Waals surface area contributed by atoms with Crippen LogP contribution in [0.15, 0.2) is 42.1 Å². The van der Waals surface area contributed by atoms with Gasteiger partial charge in [0.1, 0.15) is 9.36 Å². The van der Waals surface area contributed by atoms with E-state index in [0.29, 0.717) is 23.3 Å². The van der Waals surface area contributed by atoms with E-state index in [2.05, 4.69) is 19.2 Å². The Morgan fingerprint density at radius 1 is 1.19 bits per heavy atom. The summed E-state index contributed by atoms with van der Waals surface area (Å²) in [6.45, 7) is 1.97. The Morgan fingerprint density at radius 3 is 2.55 bits per heavy atom. The number of carbonyl (C=O) groups is 1. The number of hydrogen-bond acceptors (Lipinski definition) is 5. The molecule has 162 valence electrons. The van der Waals surface area contributed by atoms with Gasteiger partial charge in [0.2, 0.25) is 0 Å². The minimum absolute atomic E-state index is 0.0381. The zero-order valence-electron chi connectivity index (χ0n) is 15.7. The second-order valence-electron chi connectivity index (χ2n) is 6.67. The number of alkyl halides is 2. The van der Waals surface area contributed by atoms with Crippen LogP contribution in [0.1, 0.15) is 29.4 Å². The van der Waals surface area contributed by atoms with E-state index in [4.69, 9.17) is 34.8 Å². The van der Waals surface area contributed by atoms with Crippen LogP contribution in [-0.2, 0) is 0 Å². The zero-order chi connectivity index (χ0) is 22.3. The van der Waals surface area contributed by atoms with Gasteiger partial charge < -0.3 is 14.8 Å². The summed E-state index contributed by atoms with van der Waals surface area (Å²) in [6, 6.07) is 2.69. The molecule has 5 nitrogen and oxygen atoms in total. The number of allylic oxidation sites excluding steroid dienone is 5. The number of aromatic nitrogens is 1. The number of halogens is 5. The maximum absolute atomic E-state index is 13.4. The first kappa shape index (κ1) is 22.1. The Balaban J connectivity index is 1.61. The molecule has 0 spiro atoms. The molecule has 0 bridgehead atoms. The number of carbonyl (C=O) groups excluding carboxylic acids is 1. The highest BCUT2D eigenvalue weighted by Gasteiger charge is 2.44. The predicted octanol–water partition coefficient (Wildman–Crippen LogP) is 6.72. The second kappa shape index (κ2) is 8.43. The summed E-state index contributed by atoms with van der Waals surface area (Å²) in [4.78, 5) is 12.5. The first-order valence-corrected chi connectivity index (χ1v) is 10.9. The molecule has 0 saturated heterocycles. The second-order valence-corrected chi connectivity index (χ2v) is 8.83. The molecule has 1 aliphatic heterocycles. The number of amides is 1. The topological polar surface area (TPSA) is 60.5 Å². The van der Waals surface area contributed by atoms with Crippen molar-refractivity contribution in [2.24, 2.45) is 5.92 Å². The number of rotatable bonds is 4. The lowest BCUT2D eigenvalue weighted by Gasteiger charge is -2.10. The van der Waals surface area contributed by atoms with E-state index in [1.807, 2.05) is 19.1 Å². The fourth-order valence-electron chi connectivity index (χ4n) is 3.08. The van der Waals surface area contributed by atoms with Crippen molar-refractivity contribution in [2.45, 2.75) is 19.6 Å². The Labute approximate surface area is 195 Å². The standard InChI is InChI=1S/C20H13Cl3F2N2O3S/c1-2-9-5-10(12-7-14-15(8-13(12)21)30-20(24,25)29-14)3-4-11(6-9)26-19(28)17-16(22)18(23)31-27-17/h3-9H,2H2,1H3,(H,26,28). The molecule has 0 radical (unpaired) electrons. The van der Waals surface area contributed by atoms with E-state index in [9.17, 15) is 13.6 Å². The molecule has 0 fully saturated rings. The normalized spacial score (nSPS) is 19.0. The van der Waals surface area contributed by atoms with Gasteiger partial charge in [0, 0.05) is 17.3 Å². The molecule has 4 rings (SSSR count). The third-order valence-corrected chi connectivity index (χ3v) is 6.50. The van der Waals surface area contributed by atoms with Crippen molar-refractivity contribution in [3.05, 3.63) is 67.8 Å². The van der Waals surface area contributed by atoms with Crippen molar-refractivity contribution in [1.29, 1.82) is 0 Å². The average molecular weight is 506 g/mol. The van der Waals surface area contributed by atoms with Gasteiger partial charge in [-0.15, -0.1) is 8.78 Å². The van der Waals surface area contributed by atoms with Crippen LogP contribution < -0.4 is 14.8 Å². The molecular weight excluding hydrogens is 493 g/mol. The number of benzene rings is 1. The number of fused-ring (bicyclic) bond motifs is 1. The summed E-state index contributed by atoms with van der Waals surface area (Å²) in [7, 11) is 0. The van der Waals surface area contributed by atoms with Crippen LogP contribution in [0.25, 0.3) is 5.57 Å². The number of hydrogen-bond donors (Lipinski definition) is 1. The molecule has 2 aromatic rings. The maximum atomic E-state index is 13.4. The fraction of sp³-hybridized carbons (Fsp3) is 0.200. The van der Waals surface area contributed by atoms with Crippen LogP contribution in [0, 0.1) is 5.92 Å². The van der Waals surface area contributed by atoms with Gasteiger partial charge in [-0.2, -0.15) is 4.37 Å². The monoisotopic (exact) mass is 504 g/mol. The van der Waals surface area contributed by atoms with E-state index >= 15 is 0 Å². The molecular formula is C20H13Cl3F2N2O3S. The van der Waals surface area contributed by atoms with Crippen molar-refractivity contribution in [3.8, 4) is 11.5 Å². The minimum Gasteiger partial charge on any atom is -0.395 e. The van der Waals surface area contributed by atoms with E-state index in [1.165, 1.54) is 12.1 Å². The molecule has 31 heavy (non-hydrogen) atoms. The van der Waals surface area contributed by atoms with Crippen molar-refractivity contribution < 1.29 is 23.0 Å². The van der Waals surface area contributed by atoms with Crippen LogP contribution in [0.4, 0.5) is 8.78 Å². The van der Waals surface area contributed by atoms with Crippen molar-refractivity contribution >= 4 is 57.8 Å².